The van der Waals surface area contributed by atoms with Gasteiger partial charge in [0.15, 0.2) is 6.07 Å². The highest BCUT2D eigenvalue weighted by Gasteiger charge is 2.17. The van der Waals surface area contributed by atoms with Crippen LogP contribution >= 0.6 is 34.2 Å². The molecule has 0 aliphatic rings. The Bertz CT molecular complexity index is 472. The van der Waals surface area contributed by atoms with E-state index in [-0.39, 0.29) is 23.8 Å². The van der Waals surface area contributed by atoms with E-state index in [0.717, 1.165) is 0 Å². The number of halogens is 2. The summed E-state index contributed by atoms with van der Waals surface area (Å²) in [5.41, 5.74) is -1.14. The van der Waals surface area contributed by atoms with Crippen molar-refractivity contribution in [2.75, 3.05) is 23.8 Å². The normalized spacial score (nSPS) is 10.6. The molecule has 0 aliphatic carbocycles. The van der Waals surface area contributed by atoms with Gasteiger partial charge in [0.25, 0.3) is 0 Å². The summed E-state index contributed by atoms with van der Waals surface area (Å²) >= 11 is 7.03. The lowest BCUT2D eigenvalue weighted by Crippen LogP contribution is -2.35. The monoisotopic (exact) mass is 538 g/mol. The van der Waals surface area contributed by atoms with Crippen molar-refractivity contribution in [1.82, 2.24) is 10.6 Å². The molecule has 0 bridgehead atoms. The van der Waals surface area contributed by atoms with Crippen molar-refractivity contribution in [3.05, 3.63) is 0 Å². The summed E-state index contributed by atoms with van der Waals surface area (Å²) in [6.45, 7) is 10.00. The largest absolute Gasteiger partial charge is 0.454 e. The van der Waals surface area contributed by atoms with Crippen LogP contribution < -0.4 is 10.6 Å². The van der Waals surface area contributed by atoms with E-state index >= 15 is 0 Å². The molecule has 0 saturated heterocycles. The molecule has 0 aliphatic heterocycles. The van der Waals surface area contributed by atoms with Gasteiger partial charge in [0.1, 0.15) is 28.9 Å². The fourth-order valence-electron chi connectivity index (χ4n) is 1.14. The molecule has 0 aromatic heterocycles. The minimum atomic E-state index is -0.663. The number of nitrogens with one attached hydrogen (secondary N) is 2. The predicted molar refractivity (Wildman–Crippen MR) is 110 cm³/mol. The molecule has 10 nitrogen and oxygen atoms in total. The lowest BCUT2D eigenvalue weighted by Gasteiger charge is -2.19. The molecule has 0 unspecified atom stereocenters. The Kier molecular flexibility index (Phi) is 14.9. The quantitative estimate of drug-likeness (QED) is 0.229. The summed E-state index contributed by atoms with van der Waals surface area (Å²) < 4.78 is 19.0. The zero-order valence-electron chi connectivity index (χ0n) is 16.9. The van der Waals surface area contributed by atoms with Gasteiger partial charge in [-0.25, -0.2) is 9.59 Å². The standard InChI is InChI=1S/C8H14ClNO4.C8H14INO4/c2*1-8(2,3)14-7(12)10-4-6(11)13-5-9/h2*4-5H2,1-3H3,(H,10,12). The summed E-state index contributed by atoms with van der Waals surface area (Å²) in [6.07, 6.45) is -1.29. The summed E-state index contributed by atoms with van der Waals surface area (Å²) in [5.74, 6) is -1.09. The van der Waals surface area contributed by atoms with Gasteiger partial charge in [0.05, 0.1) is 0 Å². The number of rotatable bonds is 6. The van der Waals surface area contributed by atoms with Gasteiger partial charge in [-0.1, -0.05) is 11.6 Å². The van der Waals surface area contributed by atoms with Gasteiger partial charge in [-0.15, -0.1) is 0 Å². The molecule has 0 fully saturated rings. The first-order valence-electron chi connectivity index (χ1n) is 8.07. The first-order chi connectivity index (χ1) is 12.7. The van der Waals surface area contributed by atoms with E-state index in [1.54, 1.807) is 41.5 Å². The molecule has 0 atom stereocenters. The van der Waals surface area contributed by atoms with Crippen LogP contribution in [0.3, 0.4) is 0 Å². The van der Waals surface area contributed by atoms with Crippen LogP contribution in [0.25, 0.3) is 0 Å². The number of amides is 2. The maximum Gasteiger partial charge on any atom is 0.408 e. The summed E-state index contributed by atoms with van der Waals surface area (Å²) in [7, 11) is 0. The molecule has 28 heavy (non-hydrogen) atoms. The van der Waals surface area contributed by atoms with Crippen LogP contribution in [0.5, 0.6) is 0 Å². The molecule has 2 N–H and O–H groups in total. The Labute approximate surface area is 183 Å². The Morgan fingerprint density at radius 3 is 1.43 bits per heavy atom. The van der Waals surface area contributed by atoms with Crippen molar-refractivity contribution in [3.63, 3.8) is 0 Å². The molecule has 0 radical (unpaired) electrons. The van der Waals surface area contributed by atoms with E-state index < -0.39 is 35.3 Å². The fourth-order valence-corrected chi connectivity index (χ4v) is 1.61. The molecule has 164 valence electrons. The molecule has 12 heteroatoms. The molecule has 0 rings (SSSR count). The van der Waals surface area contributed by atoms with Crippen LogP contribution in [-0.4, -0.2) is 59.1 Å². The van der Waals surface area contributed by atoms with E-state index in [1.165, 1.54) is 0 Å². The van der Waals surface area contributed by atoms with Crippen LogP contribution in [0.4, 0.5) is 9.59 Å². The van der Waals surface area contributed by atoms with Gasteiger partial charge in [-0.3, -0.25) is 9.59 Å². The van der Waals surface area contributed by atoms with Crippen LogP contribution in [0.2, 0.25) is 0 Å². The summed E-state index contributed by atoms with van der Waals surface area (Å²) in [5, 5.41) is 4.51. The summed E-state index contributed by atoms with van der Waals surface area (Å²) in [4.78, 5) is 43.6. The van der Waals surface area contributed by atoms with E-state index in [0.29, 0.717) is 0 Å². The third-order valence-corrected chi connectivity index (χ3v) is 2.40. The topological polar surface area (TPSA) is 129 Å². The minimum absolute atomic E-state index is 0.169. The second-order valence-electron chi connectivity index (χ2n) is 6.96. The molecule has 0 aromatic carbocycles. The van der Waals surface area contributed by atoms with Crippen molar-refractivity contribution < 1.29 is 38.1 Å². The average molecular weight is 539 g/mol. The smallest absolute Gasteiger partial charge is 0.408 e. The second-order valence-corrected chi connectivity index (χ2v) is 7.80. The van der Waals surface area contributed by atoms with E-state index in [4.69, 9.17) is 21.1 Å². The van der Waals surface area contributed by atoms with Crippen LogP contribution in [-0.2, 0) is 28.5 Å². The number of carbonyl (C=O) groups excluding carboxylic acids is 4. The van der Waals surface area contributed by atoms with Crippen molar-refractivity contribution in [2.24, 2.45) is 0 Å². The molecule has 2 amide bonds. The highest BCUT2D eigenvalue weighted by Crippen LogP contribution is 2.06. The van der Waals surface area contributed by atoms with E-state index in [9.17, 15) is 19.2 Å². The van der Waals surface area contributed by atoms with Crippen LogP contribution in [0.15, 0.2) is 0 Å². The highest BCUT2D eigenvalue weighted by atomic mass is 127. The Balaban J connectivity index is 0. The maximum atomic E-state index is 11.0. The van der Waals surface area contributed by atoms with Crippen LogP contribution in [0, 0.1) is 0 Å². The average Bonchev–Trinajstić information content (AvgIpc) is 2.49. The Morgan fingerprint density at radius 2 is 1.14 bits per heavy atom. The molecular weight excluding hydrogens is 511 g/mol. The number of alkyl halides is 2. The lowest BCUT2D eigenvalue weighted by molar-refractivity contribution is -0.141. The van der Waals surface area contributed by atoms with Gasteiger partial charge in [0, 0.05) is 0 Å². The minimum Gasteiger partial charge on any atom is -0.454 e. The molecule has 0 spiro atoms. The van der Waals surface area contributed by atoms with Gasteiger partial charge < -0.3 is 29.6 Å². The third kappa shape index (κ3) is 22.5. The SMILES string of the molecule is CC(C)(C)OC(=O)NCC(=O)OCCl.CC(C)(C)OC(=O)NCC(=O)OCI. The Hall–Kier alpha value is -1.50. The lowest BCUT2D eigenvalue weighted by atomic mass is 10.2. The van der Waals surface area contributed by atoms with Crippen molar-refractivity contribution >= 4 is 58.3 Å². The zero-order chi connectivity index (χ0) is 22.4. The second kappa shape index (κ2) is 14.5. The van der Waals surface area contributed by atoms with E-state index in [2.05, 4.69) is 20.1 Å². The molecule has 0 saturated carbocycles. The highest BCUT2D eigenvalue weighted by molar-refractivity contribution is 14.1. The van der Waals surface area contributed by atoms with Crippen molar-refractivity contribution in [1.29, 1.82) is 0 Å². The molecular formula is C16H28ClIN2O8. The van der Waals surface area contributed by atoms with Gasteiger partial charge >= 0.3 is 24.1 Å². The van der Waals surface area contributed by atoms with Crippen LogP contribution in [0.1, 0.15) is 41.5 Å². The first-order valence-corrected chi connectivity index (χ1v) is 10.1. The van der Waals surface area contributed by atoms with Crippen molar-refractivity contribution in [3.8, 4) is 0 Å². The first kappa shape index (κ1) is 28.7. The number of esters is 2. The zero-order valence-corrected chi connectivity index (χ0v) is 19.8. The van der Waals surface area contributed by atoms with Gasteiger partial charge in [0.2, 0.25) is 0 Å². The molecule has 0 heterocycles. The third-order valence-electron chi connectivity index (χ3n) is 1.98. The number of ether oxygens (including phenoxy) is 4. The number of alkyl carbamates (subject to hydrolysis) is 2. The maximum absolute atomic E-state index is 11.0. The number of hydrogen-bond acceptors (Lipinski definition) is 8. The number of hydrogen-bond donors (Lipinski definition) is 2. The molecule has 0 aromatic rings. The van der Waals surface area contributed by atoms with Crippen molar-refractivity contribution in [2.45, 2.75) is 52.7 Å². The van der Waals surface area contributed by atoms with Gasteiger partial charge in [-0.2, -0.15) is 0 Å². The van der Waals surface area contributed by atoms with E-state index in [1.807, 2.05) is 22.6 Å². The predicted octanol–water partition coefficient (Wildman–Crippen LogP) is 2.70. The number of carbonyl (C=O) groups is 4. The van der Waals surface area contributed by atoms with Gasteiger partial charge in [-0.05, 0) is 64.1 Å². The Morgan fingerprint density at radius 1 is 0.786 bits per heavy atom. The summed E-state index contributed by atoms with van der Waals surface area (Å²) in [6, 6.07) is -0.227. The fraction of sp³-hybridized carbons (Fsp3) is 0.750.